The number of carbonyl (C=O) groups is 1. The van der Waals surface area contributed by atoms with Crippen LogP contribution in [0.25, 0.3) is 0 Å². The number of anilines is 1. The number of hydrogen-bond donors (Lipinski definition) is 1. The van der Waals surface area contributed by atoms with E-state index < -0.39 is 5.82 Å². The smallest absolute Gasteiger partial charge is 0.256 e. The molecule has 0 saturated carbocycles. The average Bonchev–Trinajstić information content (AvgIpc) is 2.87. The van der Waals surface area contributed by atoms with Gasteiger partial charge in [0.25, 0.3) is 5.91 Å². The minimum atomic E-state index is -0.525. The highest BCUT2D eigenvalue weighted by atomic mass is 19.1. The van der Waals surface area contributed by atoms with Crippen LogP contribution in [0.5, 0.6) is 0 Å². The molecule has 108 valence electrons. The van der Waals surface area contributed by atoms with Crippen molar-refractivity contribution >= 4 is 11.6 Å². The van der Waals surface area contributed by atoms with Gasteiger partial charge < -0.3 is 10.6 Å². The molecule has 2 N–H and O–H groups in total. The van der Waals surface area contributed by atoms with Crippen molar-refractivity contribution < 1.29 is 9.18 Å². The van der Waals surface area contributed by atoms with Gasteiger partial charge in [0.05, 0.1) is 11.3 Å². The van der Waals surface area contributed by atoms with Crippen LogP contribution in [0, 0.1) is 5.82 Å². The number of para-hydroxylation sites is 1. The predicted molar refractivity (Wildman–Crippen MR) is 75.9 cm³/mol. The molecule has 0 aliphatic carbocycles. The summed E-state index contributed by atoms with van der Waals surface area (Å²) in [5, 5.41) is 0. The second kappa shape index (κ2) is 5.05. The van der Waals surface area contributed by atoms with Crippen LogP contribution in [0.4, 0.5) is 10.1 Å². The molecule has 2 fully saturated rings. The highest BCUT2D eigenvalue weighted by Gasteiger charge is 2.37. The Morgan fingerprint density at radius 1 is 1.40 bits per heavy atom. The van der Waals surface area contributed by atoms with Gasteiger partial charge in [-0.3, -0.25) is 9.69 Å². The summed E-state index contributed by atoms with van der Waals surface area (Å²) in [6, 6.07) is 5.01. The van der Waals surface area contributed by atoms with Gasteiger partial charge in [0.1, 0.15) is 5.82 Å². The van der Waals surface area contributed by atoms with Gasteiger partial charge in [0.15, 0.2) is 0 Å². The lowest BCUT2D eigenvalue weighted by atomic mass is 10.0. The van der Waals surface area contributed by atoms with Crippen molar-refractivity contribution in [3.05, 3.63) is 29.6 Å². The molecule has 1 aromatic carbocycles. The highest BCUT2D eigenvalue weighted by molar-refractivity contribution is 5.99. The van der Waals surface area contributed by atoms with Crippen molar-refractivity contribution in [3.8, 4) is 0 Å². The van der Waals surface area contributed by atoms with E-state index in [0.717, 1.165) is 26.1 Å². The monoisotopic (exact) mass is 277 g/mol. The van der Waals surface area contributed by atoms with E-state index in [1.54, 1.807) is 6.07 Å². The Bertz CT molecular complexity index is 534. The van der Waals surface area contributed by atoms with Crippen LogP contribution in [0.3, 0.4) is 0 Å². The molecule has 0 bridgehead atoms. The molecule has 2 aliphatic heterocycles. The Labute approximate surface area is 118 Å². The van der Waals surface area contributed by atoms with Crippen LogP contribution in [-0.2, 0) is 0 Å². The SMILES string of the molecule is CC1CN2CCCC2CN1C(=O)c1cccc(F)c1N. The van der Waals surface area contributed by atoms with Crippen LogP contribution >= 0.6 is 0 Å². The normalized spacial score (nSPS) is 26.6. The number of hydrogen-bond acceptors (Lipinski definition) is 3. The van der Waals surface area contributed by atoms with E-state index in [-0.39, 0.29) is 23.2 Å². The first-order valence-electron chi connectivity index (χ1n) is 7.17. The molecule has 0 spiro atoms. The lowest BCUT2D eigenvalue weighted by molar-refractivity contribution is 0.0396. The molecule has 2 aliphatic rings. The largest absolute Gasteiger partial charge is 0.396 e. The third-order valence-corrected chi connectivity index (χ3v) is 4.48. The Morgan fingerprint density at radius 3 is 3.00 bits per heavy atom. The molecule has 3 rings (SSSR count). The highest BCUT2D eigenvalue weighted by Crippen LogP contribution is 2.27. The molecule has 0 radical (unpaired) electrons. The fourth-order valence-corrected chi connectivity index (χ4v) is 3.35. The number of rotatable bonds is 1. The molecule has 2 saturated heterocycles. The molecule has 1 aromatic rings. The average molecular weight is 277 g/mol. The molecule has 2 atom stereocenters. The Kier molecular flexibility index (Phi) is 3.38. The van der Waals surface area contributed by atoms with Gasteiger partial charge in [-0.1, -0.05) is 6.07 Å². The molecule has 20 heavy (non-hydrogen) atoms. The number of amides is 1. The molecule has 0 aromatic heterocycles. The zero-order chi connectivity index (χ0) is 14.3. The van der Waals surface area contributed by atoms with Gasteiger partial charge in [0.2, 0.25) is 0 Å². The summed E-state index contributed by atoms with van der Waals surface area (Å²) in [6.07, 6.45) is 2.33. The van der Waals surface area contributed by atoms with Crippen LogP contribution in [-0.4, -0.2) is 47.4 Å². The maximum absolute atomic E-state index is 13.5. The first-order valence-corrected chi connectivity index (χ1v) is 7.17. The van der Waals surface area contributed by atoms with E-state index in [9.17, 15) is 9.18 Å². The Balaban J connectivity index is 1.84. The summed E-state index contributed by atoms with van der Waals surface area (Å²) >= 11 is 0. The van der Waals surface area contributed by atoms with Crippen molar-refractivity contribution in [3.63, 3.8) is 0 Å². The minimum absolute atomic E-state index is 0.0430. The van der Waals surface area contributed by atoms with Gasteiger partial charge in [-0.05, 0) is 38.4 Å². The number of nitrogens with two attached hydrogens (primary N) is 1. The van der Waals surface area contributed by atoms with Gasteiger partial charge in [-0.25, -0.2) is 4.39 Å². The fourth-order valence-electron chi connectivity index (χ4n) is 3.35. The Hall–Kier alpha value is -1.62. The maximum Gasteiger partial charge on any atom is 0.256 e. The second-order valence-corrected chi connectivity index (χ2v) is 5.80. The summed E-state index contributed by atoms with van der Waals surface area (Å²) in [7, 11) is 0. The molecule has 2 heterocycles. The van der Waals surface area contributed by atoms with E-state index in [0.29, 0.717) is 6.04 Å². The number of nitrogens with zero attached hydrogens (tertiary/aromatic N) is 2. The quantitative estimate of drug-likeness (QED) is 0.795. The summed E-state index contributed by atoms with van der Waals surface area (Å²) < 4.78 is 13.5. The van der Waals surface area contributed by atoms with Crippen LogP contribution in [0.1, 0.15) is 30.1 Å². The van der Waals surface area contributed by atoms with Crippen LogP contribution in [0.2, 0.25) is 0 Å². The molecule has 5 heteroatoms. The van der Waals surface area contributed by atoms with Crippen molar-refractivity contribution in [1.29, 1.82) is 0 Å². The third-order valence-electron chi connectivity index (χ3n) is 4.48. The van der Waals surface area contributed by atoms with Gasteiger partial charge in [0, 0.05) is 25.2 Å². The van der Waals surface area contributed by atoms with Gasteiger partial charge in [-0.15, -0.1) is 0 Å². The number of piperazine rings is 1. The molecule has 2 unspecified atom stereocenters. The standard InChI is InChI=1S/C15H20FN3O/c1-10-8-18-7-3-4-11(18)9-19(10)15(20)12-5-2-6-13(16)14(12)17/h2,5-6,10-11H,3-4,7-9,17H2,1H3. The minimum Gasteiger partial charge on any atom is -0.396 e. The van der Waals surface area contributed by atoms with Crippen molar-refractivity contribution in [1.82, 2.24) is 9.80 Å². The number of carbonyl (C=O) groups excluding carboxylic acids is 1. The summed E-state index contributed by atoms with van der Waals surface area (Å²) in [4.78, 5) is 16.9. The number of benzene rings is 1. The molecule has 4 nitrogen and oxygen atoms in total. The van der Waals surface area contributed by atoms with E-state index in [1.165, 1.54) is 18.6 Å². The lowest BCUT2D eigenvalue weighted by Gasteiger charge is -2.42. The lowest BCUT2D eigenvalue weighted by Crippen LogP contribution is -2.56. The molecule has 1 amide bonds. The molecular formula is C15H20FN3O. The van der Waals surface area contributed by atoms with Crippen molar-refractivity contribution in [2.24, 2.45) is 0 Å². The van der Waals surface area contributed by atoms with E-state index >= 15 is 0 Å². The Morgan fingerprint density at radius 2 is 2.20 bits per heavy atom. The van der Waals surface area contributed by atoms with Crippen LogP contribution in [0.15, 0.2) is 18.2 Å². The second-order valence-electron chi connectivity index (χ2n) is 5.80. The van der Waals surface area contributed by atoms with Crippen molar-refractivity contribution in [2.45, 2.75) is 31.8 Å². The fraction of sp³-hybridized carbons (Fsp3) is 0.533. The first kappa shape index (κ1) is 13.4. The zero-order valence-corrected chi connectivity index (χ0v) is 11.7. The third kappa shape index (κ3) is 2.16. The summed E-state index contributed by atoms with van der Waals surface area (Å²) in [5.41, 5.74) is 5.95. The van der Waals surface area contributed by atoms with E-state index in [1.807, 2.05) is 11.8 Å². The zero-order valence-electron chi connectivity index (χ0n) is 11.7. The summed E-state index contributed by atoms with van der Waals surface area (Å²) in [5.74, 6) is -0.677. The predicted octanol–water partition coefficient (Wildman–Crippen LogP) is 1.72. The maximum atomic E-state index is 13.5. The van der Waals surface area contributed by atoms with E-state index in [2.05, 4.69) is 4.90 Å². The first-order chi connectivity index (χ1) is 9.58. The van der Waals surface area contributed by atoms with Crippen molar-refractivity contribution in [2.75, 3.05) is 25.4 Å². The van der Waals surface area contributed by atoms with Gasteiger partial charge >= 0.3 is 0 Å². The number of fused-ring (bicyclic) bond motifs is 1. The van der Waals surface area contributed by atoms with Gasteiger partial charge in [-0.2, -0.15) is 0 Å². The number of nitrogen functional groups attached to an aromatic ring is 1. The summed E-state index contributed by atoms with van der Waals surface area (Å²) in [6.45, 7) is 4.78. The topological polar surface area (TPSA) is 49.6 Å². The molecular weight excluding hydrogens is 257 g/mol. The van der Waals surface area contributed by atoms with E-state index in [4.69, 9.17) is 5.73 Å². The van der Waals surface area contributed by atoms with Crippen LogP contribution < -0.4 is 5.73 Å². The number of halogens is 1.